The van der Waals surface area contributed by atoms with Crippen molar-refractivity contribution in [2.24, 2.45) is 4.99 Å². The minimum Gasteiger partial charge on any atom is -0.381 e. The Balaban J connectivity index is 1.86. The van der Waals surface area contributed by atoms with Crippen LogP contribution in [0.1, 0.15) is 12.8 Å². The smallest absolute Gasteiger partial charge is 0.185 e. The quantitative estimate of drug-likeness (QED) is 0.637. The minimum atomic E-state index is -1.45. The molecule has 1 aromatic rings. The third-order valence-corrected chi connectivity index (χ3v) is 4.73. The maximum atomic E-state index is 13.6. The van der Waals surface area contributed by atoms with E-state index in [4.69, 9.17) is 4.74 Å². The van der Waals surface area contributed by atoms with Gasteiger partial charge in [0.15, 0.2) is 28.4 Å². The number of benzene rings is 1. The molecule has 1 aromatic carbocycles. The lowest BCUT2D eigenvalue weighted by molar-refractivity contribution is 0.0624. The number of hydrogen-bond acceptors (Lipinski definition) is 4. The molecule has 0 atom stereocenters. The summed E-state index contributed by atoms with van der Waals surface area (Å²) in [6, 6.07) is 0.180. The van der Waals surface area contributed by atoms with Gasteiger partial charge in [-0.2, -0.15) is 0 Å². The molecule has 0 aliphatic carbocycles. The number of anilines is 1. The number of thioether (sulfide) groups is 1. The molecule has 3 nitrogen and oxygen atoms in total. The highest BCUT2D eigenvalue weighted by Crippen LogP contribution is 2.37. The molecule has 2 aliphatic rings. The predicted molar refractivity (Wildman–Crippen MR) is 72.6 cm³/mol. The number of halogens is 4. The van der Waals surface area contributed by atoms with Gasteiger partial charge in [0, 0.05) is 25.0 Å². The van der Waals surface area contributed by atoms with Crippen LogP contribution < -0.4 is 5.32 Å². The van der Waals surface area contributed by atoms with Gasteiger partial charge < -0.3 is 10.1 Å². The molecule has 8 heteroatoms. The molecule has 1 spiro atoms. The maximum absolute atomic E-state index is 13.6. The van der Waals surface area contributed by atoms with E-state index < -0.39 is 29.0 Å². The highest BCUT2D eigenvalue weighted by molar-refractivity contribution is 8.14. The van der Waals surface area contributed by atoms with Crippen LogP contribution in [0.15, 0.2) is 11.1 Å². The van der Waals surface area contributed by atoms with Crippen molar-refractivity contribution in [2.45, 2.75) is 18.4 Å². The summed E-state index contributed by atoms with van der Waals surface area (Å²) >= 11 is 1.28. The van der Waals surface area contributed by atoms with Crippen LogP contribution in [0, 0.1) is 23.3 Å². The van der Waals surface area contributed by atoms with Gasteiger partial charge in [0.2, 0.25) is 0 Å². The molecule has 1 fully saturated rings. The van der Waals surface area contributed by atoms with E-state index in [9.17, 15) is 17.6 Å². The van der Waals surface area contributed by atoms with Crippen molar-refractivity contribution in [3.05, 3.63) is 29.3 Å². The molecule has 0 bridgehead atoms. The first-order chi connectivity index (χ1) is 10.0. The lowest BCUT2D eigenvalue weighted by Crippen LogP contribution is -2.34. The van der Waals surface area contributed by atoms with E-state index in [2.05, 4.69) is 10.3 Å². The zero-order chi connectivity index (χ0) is 15.0. The largest absolute Gasteiger partial charge is 0.381 e. The van der Waals surface area contributed by atoms with E-state index in [-0.39, 0.29) is 16.8 Å². The summed E-state index contributed by atoms with van der Waals surface area (Å²) in [5, 5.41) is 2.64. The van der Waals surface area contributed by atoms with Crippen molar-refractivity contribution in [1.82, 2.24) is 0 Å². The number of nitrogens with one attached hydrogen (secondary N) is 1. The molecule has 0 radical (unpaired) electrons. The Labute approximate surface area is 122 Å². The van der Waals surface area contributed by atoms with Gasteiger partial charge in [-0.05, 0) is 12.8 Å². The van der Waals surface area contributed by atoms with Crippen LogP contribution in [0.3, 0.4) is 0 Å². The average molecular weight is 320 g/mol. The molecule has 21 heavy (non-hydrogen) atoms. The lowest BCUT2D eigenvalue weighted by Gasteiger charge is -2.29. The molecule has 2 aliphatic heterocycles. The van der Waals surface area contributed by atoms with Gasteiger partial charge in [0.05, 0.1) is 5.54 Å². The summed E-state index contributed by atoms with van der Waals surface area (Å²) < 4.78 is 58.8. The fourth-order valence-electron chi connectivity index (χ4n) is 2.34. The van der Waals surface area contributed by atoms with Crippen LogP contribution in [-0.4, -0.2) is 29.7 Å². The molecule has 0 aromatic heterocycles. The molecule has 1 saturated heterocycles. The average Bonchev–Trinajstić information content (AvgIpc) is 2.85. The molecule has 2 heterocycles. The number of nitrogens with zero attached hydrogens (tertiary/aromatic N) is 1. The number of amidine groups is 1. The Morgan fingerprint density at radius 1 is 1.10 bits per heavy atom. The Kier molecular flexibility index (Phi) is 3.83. The Bertz CT molecular complexity index is 576. The van der Waals surface area contributed by atoms with Crippen LogP contribution in [0.5, 0.6) is 0 Å². The second kappa shape index (κ2) is 5.49. The first-order valence-corrected chi connectivity index (χ1v) is 7.40. The van der Waals surface area contributed by atoms with Gasteiger partial charge in [0.25, 0.3) is 0 Å². The van der Waals surface area contributed by atoms with Crippen LogP contribution in [-0.2, 0) is 4.74 Å². The molecule has 1 N–H and O–H groups in total. The van der Waals surface area contributed by atoms with E-state index in [0.29, 0.717) is 31.8 Å². The van der Waals surface area contributed by atoms with Crippen molar-refractivity contribution in [1.29, 1.82) is 0 Å². The van der Waals surface area contributed by atoms with Crippen LogP contribution >= 0.6 is 11.8 Å². The fraction of sp³-hybridized carbons (Fsp3) is 0.462. The highest BCUT2D eigenvalue weighted by atomic mass is 32.2. The third-order valence-electron chi connectivity index (χ3n) is 3.58. The topological polar surface area (TPSA) is 33.6 Å². The van der Waals surface area contributed by atoms with Crippen molar-refractivity contribution in [3.63, 3.8) is 0 Å². The van der Waals surface area contributed by atoms with Gasteiger partial charge in [-0.15, -0.1) is 0 Å². The predicted octanol–water partition coefficient (Wildman–Crippen LogP) is 3.31. The zero-order valence-corrected chi connectivity index (χ0v) is 11.7. The molecule has 0 amide bonds. The van der Waals surface area contributed by atoms with Gasteiger partial charge in [-0.3, -0.25) is 4.99 Å². The normalized spacial score (nSPS) is 20.7. The van der Waals surface area contributed by atoms with Crippen molar-refractivity contribution < 1.29 is 22.3 Å². The Hall–Kier alpha value is -1.28. The van der Waals surface area contributed by atoms with Crippen LogP contribution in [0.4, 0.5) is 23.2 Å². The Morgan fingerprint density at radius 2 is 1.71 bits per heavy atom. The highest BCUT2D eigenvalue weighted by Gasteiger charge is 2.37. The molecule has 0 saturated carbocycles. The summed E-state index contributed by atoms with van der Waals surface area (Å²) in [4.78, 5) is 4.43. The fourth-order valence-corrected chi connectivity index (χ4v) is 3.54. The standard InChI is InChI=1S/C13H12F4N2OS/c14-7-5-8(15)10(17)11(9(7)16)18-12-19-13(6-21-12)1-3-20-4-2-13/h5H,1-4,6H2,(H,18,19). The van der Waals surface area contributed by atoms with E-state index in [1.807, 2.05) is 0 Å². The molecule has 0 unspecified atom stereocenters. The summed E-state index contributed by atoms with van der Waals surface area (Å²) in [5.74, 6) is -5.14. The van der Waals surface area contributed by atoms with Gasteiger partial charge in [-0.1, -0.05) is 11.8 Å². The SMILES string of the molecule is Fc1cc(F)c(F)c(NC2=NC3(CCOCC3)CS2)c1F. The number of hydrogen-bond donors (Lipinski definition) is 1. The monoisotopic (exact) mass is 320 g/mol. The van der Waals surface area contributed by atoms with E-state index in [1.54, 1.807) is 0 Å². The molecular weight excluding hydrogens is 308 g/mol. The first kappa shape index (κ1) is 14.6. The van der Waals surface area contributed by atoms with Crippen molar-refractivity contribution in [2.75, 3.05) is 24.3 Å². The molecule has 114 valence electrons. The van der Waals surface area contributed by atoms with E-state index in [0.717, 1.165) is 0 Å². The van der Waals surface area contributed by atoms with E-state index >= 15 is 0 Å². The summed E-state index contributed by atoms with van der Waals surface area (Å²) in [7, 11) is 0. The third kappa shape index (κ3) is 2.74. The number of aliphatic imine (C=N–C) groups is 1. The van der Waals surface area contributed by atoms with Crippen LogP contribution in [0.25, 0.3) is 0 Å². The van der Waals surface area contributed by atoms with Gasteiger partial charge >= 0.3 is 0 Å². The van der Waals surface area contributed by atoms with Crippen LogP contribution in [0.2, 0.25) is 0 Å². The van der Waals surface area contributed by atoms with Gasteiger partial charge in [-0.25, -0.2) is 17.6 Å². The van der Waals surface area contributed by atoms with E-state index in [1.165, 1.54) is 11.8 Å². The van der Waals surface area contributed by atoms with Crippen molar-refractivity contribution in [3.8, 4) is 0 Å². The Morgan fingerprint density at radius 3 is 2.33 bits per heavy atom. The second-order valence-electron chi connectivity index (χ2n) is 5.01. The molecule has 3 rings (SSSR count). The summed E-state index contributed by atoms with van der Waals surface area (Å²) in [6.45, 7) is 1.16. The zero-order valence-electron chi connectivity index (χ0n) is 10.9. The number of rotatable bonds is 1. The maximum Gasteiger partial charge on any atom is 0.185 e. The van der Waals surface area contributed by atoms with Crippen molar-refractivity contribution >= 4 is 22.6 Å². The number of ether oxygens (including phenoxy) is 1. The second-order valence-corrected chi connectivity index (χ2v) is 5.97. The summed E-state index contributed by atoms with van der Waals surface area (Å²) in [5.41, 5.74) is -1.16. The first-order valence-electron chi connectivity index (χ1n) is 6.41. The van der Waals surface area contributed by atoms with Gasteiger partial charge in [0.1, 0.15) is 5.69 Å². The molecular formula is C13H12F4N2OS. The summed E-state index contributed by atoms with van der Waals surface area (Å²) in [6.07, 6.45) is 1.43. The minimum absolute atomic E-state index is 0.180. The lowest BCUT2D eigenvalue weighted by atomic mass is 9.93.